The van der Waals surface area contributed by atoms with E-state index in [0.29, 0.717) is 12.5 Å². The Morgan fingerprint density at radius 2 is 1.48 bits per heavy atom. The van der Waals surface area contributed by atoms with Crippen molar-refractivity contribution >= 4 is 0 Å². The van der Waals surface area contributed by atoms with Gasteiger partial charge in [-0.25, -0.2) is 0 Å². The summed E-state index contributed by atoms with van der Waals surface area (Å²) in [5, 5.41) is 9.34. The standard InChI is InChI=1S/C20H24N2O3/c23-18-4-1-16(2-5-18)7-8-21-9-11-22(12-10-21)14-17-3-6-19-20(13-17)25-15-24-19/h1-6,13,23H,7-12,14-15H2. The predicted octanol–water partition coefficient (Wildman–Crippen LogP) is 2.48. The highest BCUT2D eigenvalue weighted by Gasteiger charge is 2.18. The molecule has 2 aromatic rings. The average Bonchev–Trinajstić information content (AvgIpc) is 3.10. The molecule has 0 saturated carbocycles. The Hall–Kier alpha value is -2.24. The first-order chi connectivity index (χ1) is 12.3. The van der Waals surface area contributed by atoms with Crippen molar-refractivity contribution in [2.75, 3.05) is 39.5 Å². The molecule has 0 aromatic heterocycles. The molecule has 1 N–H and O–H groups in total. The monoisotopic (exact) mass is 340 g/mol. The summed E-state index contributed by atoms with van der Waals surface area (Å²) in [5.74, 6) is 2.05. The summed E-state index contributed by atoms with van der Waals surface area (Å²) in [4.78, 5) is 5.01. The minimum absolute atomic E-state index is 0.332. The molecule has 0 spiro atoms. The first kappa shape index (κ1) is 16.2. The van der Waals surface area contributed by atoms with E-state index >= 15 is 0 Å². The highest BCUT2D eigenvalue weighted by Crippen LogP contribution is 2.32. The van der Waals surface area contributed by atoms with Crippen molar-refractivity contribution in [3.05, 3.63) is 53.6 Å². The van der Waals surface area contributed by atoms with Gasteiger partial charge in [0.2, 0.25) is 6.79 Å². The summed E-state index contributed by atoms with van der Waals surface area (Å²) in [6, 6.07) is 13.8. The van der Waals surface area contributed by atoms with E-state index in [1.54, 1.807) is 12.1 Å². The summed E-state index contributed by atoms with van der Waals surface area (Å²) in [6.07, 6.45) is 1.03. The van der Waals surface area contributed by atoms with Crippen LogP contribution >= 0.6 is 0 Å². The van der Waals surface area contributed by atoms with E-state index in [0.717, 1.165) is 57.2 Å². The Bertz CT molecular complexity index is 709. The number of piperazine rings is 1. The van der Waals surface area contributed by atoms with Crippen LogP contribution < -0.4 is 9.47 Å². The third kappa shape index (κ3) is 4.06. The molecule has 2 heterocycles. The Balaban J connectivity index is 1.23. The topological polar surface area (TPSA) is 45.2 Å². The fourth-order valence-electron chi connectivity index (χ4n) is 3.42. The number of aromatic hydroxyl groups is 1. The van der Waals surface area contributed by atoms with Crippen LogP contribution in [0.2, 0.25) is 0 Å². The molecule has 1 fully saturated rings. The van der Waals surface area contributed by atoms with Crippen LogP contribution in [-0.2, 0) is 13.0 Å². The molecule has 0 bridgehead atoms. The zero-order chi connectivity index (χ0) is 17.1. The van der Waals surface area contributed by atoms with Crippen LogP contribution in [0.15, 0.2) is 42.5 Å². The zero-order valence-corrected chi connectivity index (χ0v) is 14.4. The molecule has 0 unspecified atom stereocenters. The second-order valence-electron chi connectivity index (χ2n) is 6.72. The number of ether oxygens (including phenoxy) is 2. The maximum absolute atomic E-state index is 9.34. The van der Waals surface area contributed by atoms with Gasteiger partial charge in [0.05, 0.1) is 0 Å². The van der Waals surface area contributed by atoms with E-state index in [4.69, 9.17) is 9.47 Å². The van der Waals surface area contributed by atoms with E-state index in [-0.39, 0.29) is 0 Å². The summed E-state index contributed by atoms with van der Waals surface area (Å²) in [7, 11) is 0. The van der Waals surface area contributed by atoms with E-state index in [2.05, 4.69) is 21.9 Å². The van der Waals surface area contributed by atoms with Crippen molar-refractivity contribution in [2.45, 2.75) is 13.0 Å². The maximum atomic E-state index is 9.34. The van der Waals surface area contributed by atoms with Gasteiger partial charge in [-0.1, -0.05) is 18.2 Å². The number of hydrogen-bond donors (Lipinski definition) is 1. The van der Waals surface area contributed by atoms with Gasteiger partial charge in [-0.05, 0) is 41.8 Å². The molecule has 1 saturated heterocycles. The number of nitrogens with zero attached hydrogens (tertiary/aromatic N) is 2. The van der Waals surface area contributed by atoms with Crippen LogP contribution in [0.3, 0.4) is 0 Å². The third-order valence-corrected chi connectivity index (χ3v) is 4.96. The Morgan fingerprint density at radius 1 is 0.800 bits per heavy atom. The molecule has 2 aliphatic heterocycles. The van der Waals surface area contributed by atoms with Gasteiger partial charge in [-0.3, -0.25) is 4.90 Å². The number of hydrogen-bond acceptors (Lipinski definition) is 5. The normalized spacial score (nSPS) is 17.8. The minimum atomic E-state index is 0.332. The summed E-state index contributed by atoms with van der Waals surface area (Å²) in [5.41, 5.74) is 2.56. The lowest BCUT2D eigenvalue weighted by molar-refractivity contribution is 0.128. The summed E-state index contributed by atoms with van der Waals surface area (Å²) < 4.78 is 10.8. The zero-order valence-electron chi connectivity index (χ0n) is 14.4. The molecular formula is C20H24N2O3. The quantitative estimate of drug-likeness (QED) is 0.906. The van der Waals surface area contributed by atoms with Crippen molar-refractivity contribution in [2.24, 2.45) is 0 Å². The molecule has 2 aliphatic rings. The predicted molar refractivity (Wildman–Crippen MR) is 96.1 cm³/mol. The van der Waals surface area contributed by atoms with Gasteiger partial charge >= 0.3 is 0 Å². The van der Waals surface area contributed by atoms with Crippen LogP contribution in [0.25, 0.3) is 0 Å². The third-order valence-electron chi connectivity index (χ3n) is 4.96. The molecule has 5 nitrogen and oxygen atoms in total. The highest BCUT2D eigenvalue weighted by atomic mass is 16.7. The fourth-order valence-corrected chi connectivity index (χ4v) is 3.42. The number of fused-ring (bicyclic) bond motifs is 1. The lowest BCUT2D eigenvalue weighted by Gasteiger charge is -2.34. The maximum Gasteiger partial charge on any atom is 0.231 e. The highest BCUT2D eigenvalue weighted by molar-refractivity contribution is 5.44. The number of phenols is 1. The lowest BCUT2D eigenvalue weighted by atomic mass is 10.1. The number of phenolic OH excluding ortho intramolecular Hbond substituents is 1. The Labute approximate surface area is 148 Å². The van der Waals surface area contributed by atoms with Gasteiger partial charge < -0.3 is 19.5 Å². The summed E-state index contributed by atoms with van der Waals surface area (Å²) >= 11 is 0. The molecule has 4 rings (SSSR count). The first-order valence-corrected chi connectivity index (χ1v) is 8.87. The van der Waals surface area contributed by atoms with E-state index in [1.165, 1.54) is 11.1 Å². The SMILES string of the molecule is Oc1ccc(CCN2CCN(Cc3ccc4c(c3)OCO4)CC2)cc1. The smallest absolute Gasteiger partial charge is 0.231 e. The van der Waals surface area contributed by atoms with Crippen LogP contribution in [0, 0.1) is 0 Å². The summed E-state index contributed by atoms with van der Waals surface area (Å²) in [6.45, 7) is 6.74. The molecule has 0 atom stereocenters. The van der Waals surface area contributed by atoms with Gasteiger partial charge in [-0.2, -0.15) is 0 Å². The minimum Gasteiger partial charge on any atom is -0.508 e. The molecule has 0 radical (unpaired) electrons. The van der Waals surface area contributed by atoms with Gasteiger partial charge in [0.25, 0.3) is 0 Å². The van der Waals surface area contributed by atoms with Crippen LogP contribution in [0.4, 0.5) is 0 Å². The van der Waals surface area contributed by atoms with E-state index < -0.39 is 0 Å². The van der Waals surface area contributed by atoms with Crippen LogP contribution in [0.1, 0.15) is 11.1 Å². The Morgan fingerprint density at radius 3 is 2.28 bits per heavy atom. The number of benzene rings is 2. The van der Waals surface area contributed by atoms with Gasteiger partial charge in [0, 0.05) is 39.3 Å². The molecule has 0 amide bonds. The van der Waals surface area contributed by atoms with Crippen molar-refractivity contribution in [1.82, 2.24) is 9.80 Å². The van der Waals surface area contributed by atoms with Crippen molar-refractivity contribution in [1.29, 1.82) is 0 Å². The molecule has 25 heavy (non-hydrogen) atoms. The van der Waals surface area contributed by atoms with Crippen LogP contribution in [-0.4, -0.2) is 54.4 Å². The second-order valence-corrected chi connectivity index (χ2v) is 6.72. The van der Waals surface area contributed by atoms with Crippen molar-refractivity contribution in [3.8, 4) is 17.2 Å². The number of rotatable bonds is 5. The molecule has 5 heteroatoms. The first-order valence-electron chi connectivity index (χ1n) is 8.87. The van der Waals surface area contributed by atoms with Crippen molar-refractivity contribution < 1.29 is 14.6 Å². The van der Waals surface area contributed by atoms with Gasteiger partial charge in [-0.15, -0.1) is 0 Å². The largest absolute Gasteiger partial charge is 0.508 e. The van der Waals surface area contributed by atoms with E-state index in [9.17, 15) is 5.11 Å². The molecular weight excluding hydrogens is 316 g/mol. The average molecular weight is 340 g/mol. The van der Waals surface area contributed by atoms with E-state index in [1.807, 2.05) is 18.2 Å². The lowest BCUT2D eigenvalue weighted by Crippen LogP contribution is -2.46. The second kappa shape index (κ2) is 7.33. The molecule has 2 aromatic carbocycles. The van der Waals surface area contributed by atoms with Crippen LogP contribution in [0.5, 0.6) is 17.2 Å². The van der Waals surface area contributed by atoms with Crippen molar-refractivity contribution in [3.63, 3.8) is 0 Å². The Kier molecular flexibility index (Phi) is 4.76. The molecule has 132 valence electrons. The van der Waals surface area contributed by atoms with Gasteiger partial charge in [0.15, 0.2) is 11.5 Å². The fraction of sp³-hybridized carbons (Fsp3) is 0.400. The molecule has 0 aliphatic carbocycles. The van der Waals surface area contributed by atoms with Gasteiger partial charge in [0.1, 0.15) is 5.75 Å².